The van der Waals surface area contributed by atoms with Gasteiger partial charge in [-0.2, -0.15) is 0 Å². The molecule has 0 aromatic carbocycles. The average molecular weight is 441 g/mol. The molecule has 5 aliphatic rings. The van der Waals surface area contributed by atoms with Crippen LogP contribution in [0.5, 0.6) is 0 Å². The molecule has 1 unspecified atom stereocenters. The molecule has 5 aliphatic carbocycles. The van der Waals surface area contributed by atoms with Gasteiger partial charge in [0.1, 0.15) is 5.78 Å². The lowest BCUT2D eigenvalue weighted by molar-refractivity contribution is -0.221. The summed E-state index contributed by atoms with van der Waals surface area (Å²) in [7, 11) is 0. The summed E-state index contributed by atoms with van der Waals surface area (Å²) in [6.07, 6.45) is 8.99. The highest BCUT2D eigenvalue weighted by molar-refractivity contribution is 5.88. The van der Waals surface area contributed by atoms with Crippen molar-refractivity contribution in [1.29, 1.82) is 0 Å². The SMILES string of the molecule is C=C(C)C1CC[C@]2(C(=O)O)CC[C@]3(C)[C@H](CC[C@@H]4[C@@]5(C)CC(=O)C(C)(C)[C@@H]5CC[C@]43C)[C@@H]12. The Morgan fingerprint density at radius 3 is 2.22 bits per heavy atom. The highest BCUT2D eigenvalue weighted by Crippen LogP contribution is 2.77. The zero-order chi connectivity index (χ0) is 23.5. The molecule has 0 aliphatic heterocycles. The molecule has 3 nitrogen and oxygen atoms in total. The molecule has 0 amide bonds. The molecule has 5 saturated carbocycles. The predicted octanol–water partition coefficient (Wildman–Crippen LogP) is 6.91. The third kappa shape index (κ3) is 2.39. The van der Waals surface area contributed by atoms with E-state index >= 15 is 0 Å². The molecule has 9 atom stereocenters. The number of fused-ring (bicyclic) bond motifs is 7. The predicted molar refractivity (Wildman–Crippen MR) is 127 cm³/mol. The minimum absolute atomic E-state index is 0.0896. The zero-order valence-corrected chi connectivity index (χ0v) is 21.2. The van der Waals surface area contributed by atoms with Gasteiger partial charge in [-0.05, 0) is 104 Å². The van der Waals surface area contributed by atoms with Crippen LogP contribution in [0.4, 0.5) is 0 Å². The summed E-state index contributed by atoms with van der Waals surface area (Å²) >= 11 is 0. The van der Waals surface area contributed by atoms with Crippen LogP contribution < -0.4 is 0 Å². The van der Waals surface area contributed by atoms with Crippen molar-refractivity contribution in [2.45, 2.75) is 99.3 Å². The first-order chi connectivity index (χ1) is 14.8. The molecule has 32 heavy (non-hydrogen) atoms. The maximum Gasteiger partial charge on any atom is 0.309 e. The quantitative estimate of drug-likeness (QED) is 0.475. The first-order valence-corrected chi connectivity index (χ1v) is 13.2. The Morgan fingerprint density at radius 2 is 1.59 bits per heavy atom. The van der Waals surface area contributed by atoms with Gasteiger partial charge in [-0.3, -0.25) is 9.59 Å². The zero-order valence-electron chi connectivity index (χ0n) is 21.2. The van der Waals surface area contributed by atoms with Crippen molar-refractivity contribution in [3.63, 3.8) is 0 Å². The van der Waals surface area contributed by atoms with E-state index in [0.717, 1.165) is 51.4 Å². The Balaban J connectivity index is 1.58. The van der Waals surface area contributed by atoms with Crippen molar-refractivity contribution in [3.8, 4) is 0 Å². The largest absolute Gasteiger partial charge is 0.481 e. The molecule has 0 bridgehead atoms. The van der Waals surface area contributed by atoms with Crippen molar-refractivity contribution in [2.75, 3.05) is 0 Å². The molecule has 3 heteroatoms. The van der Waals surface area contributed by atoms with Gasteiger partial charge in [0.2, 0.25) is 0 Å². The summed E-state index contributed by atoms with van der Waals surface area (Å²) in [6, 6.07) is 0. The normalized spacial score (nSPS) is 53.7. The summed E-state index contributed by atoms with van der Waals surface area (Å²) in [4.78, 5) is 25.8. The molecule has 0 radical (unpaired) electrons. The van der Waals surface area contributed by atoms with Crippen LogP contribution in [0, 0.1) is 56.7 Å². The highest BCUT2D eigenvalue weighted by atomic mass is 16.4. The van der Waals surface area contributed by atoms with Crippen molar-refractivity contribution < 1.29 is 14.7 Å². The van der Waals surface area contributed by atoms with E-state index in [-0.39, 0.29) is 27.6 Å². The second-order valence-corrected chi connectivity index (χ2v) is 14.0. The van der Waals surface area contributed by atoms with Crippen molar-refractivity contribution in [1.82, 2.24) is 0 Å². The average Bonchev–Trinajstić information content (AvgIpc) is 3.17. The van der Waals surface area contributed by atoms with Gasteiger partial charge in [0.15, 0.2) is 0 Å². The van der Waals surface area contributed by atoms with Crippen LogP contribution in [-0.2, 0) is 9.59 Å². The van der Waals surface area contributed by atoms with E-state index in [1.807, 2.05) is 0 Å². The van der Waals surface area contributed by atoms with E-state index in [1.54, 1.807) is 0 Å². The van der Waals surface area contributed by atoms with Crippen molar-refractivity contribution >= 4 is 11.8 Å². The summed E-state index contributed by atoms with van der Waals surface area (Å²) < 4.78 is 0. The minimum Gasteiger partial charge on any atom is -0.481 e. The van der Waals surface area contributed by atoms with E-state index in [1.165, 1.54) is 12.0 Å². The molecule has 0 saturated heterocycles. The molecule has 0 heterocycles. The topological polar surface area (TPSA) is 54.4 Å². The number of Topliss-reactive ketones (excluding diaryl/α,β-unsaturated/α-hetero) is 1. The maximum absolute atomic E-state index is 13.1. The molecule has 0 aromatic heterocycles. The summed E-state index contributed by atoms with van der Waals surface area (Å²) in [5.74, 6) is 1.96. The van der Waals surface area contributed by atoms with Crippen LogP contribution in [0.25, 0.3) is 0 Å². The lowest BCUT2D eigenvalue weighted by Gasteiger charge is -2.70. The van der Waals surface area contributed by atoms with Gasteiger partial charge in [-0.15, -0.1) is 0 Å². The second kappa shape index (κ2) is 6.51. The Bertz CT molecular complexity index is 887. The van der Waals surface area contributed by atoms with Crippen LogP contribution in [0.15, 0.2) is 12.2 Å². The van der Waals surface area contributed by atoms with E-state index in [4.69, 9.17) is 0 Å². The fourth-order valence-corrected chi connectivity index (χ4v) is 11.1. The van der Waals surface area contributed by atoms with Gasteiger partial charge in [0.05, 0.1) is 5.41 Å². The number of rotatable bonds is 2. The first-order valence-electron chi connectivity index (χ1n) is 13.2. The van der Waals surface area contributed by atoms with E-state index in [9.17, 15) is 14.7 Å². The summed E-state index contributed by atoms with van der Waals surface area (Å²) in [5, 5.41) is 10.5. The smallest absolute Gasteiger partial charge is 0.309 e. The first kappa shape index (κ1) is 22.7. The number of hydrogen-bond donors (Lipinski definition) is 1. The fourth-order valence-electron chi connectivity index (χ4n) is 11.1. The van der Waals surface area contributed by atoms with Crippen molar-refractivity contribution in [2.24, 2.45) is 56.7 Å². The van der Waals surface area contributed by atoms with Crippen LogP contribution in [0.2, 0.25) is 0 Å². The third-order valence-electron chi connectivity index (χ3n) is 12.9. The van der Waals surface area contributed by atoms with E-state index in [0.29, 0.717) is 29.5 Å². The van der Waals surface area contributed by atoms with Gasteiger partial charge in [0, 0.05) is 11.8 Å². The van der Waals surface area contributed by atoms with Gasteiger partial charge < -0.3 is 5.11 Å². The van der Waals surface area contributed by atoms with E-state index < -0.39 is 11.4 Å². The molecule has 178 valence electrons. The maximum atomic E-state index is 13.1. The number of allylic oxidation sites excluding steroid dienone is 1. The molecular weight excluding hydrogens is 396 g/mol. The Morgan fingerprint density at radius 1 is 0.906 bits per heavy atom. The number of carboxylic acid groups (broad SMARTS) is 1. The third-order valence-corrected chi connectivity index (χ3v) is 12.9. The lowest BCUT2D eigenvalue weighted by atomic mass is 9.34. The number of carboxylic acids is 1. The molecule has 0 spiro atoms. The van der Waals surface area contributed by atoms with E-state index in [2.05, 4.69) is 48.1 Å². The Kier molecular flexibility index (Phi) is 4.61. The molecule has 5 rings (SSSR count). The van der Waals surface area contributed by atoms with Gasteiger partial charge in [0.25, 0.3) is 0 Å². The van der Waals surface area contributed by atoms with Gasteiger partial charge >= 0.3 is 5.97 Å². The monoisotopic (exact) mass is 440 g/mol. The Hall–Kier alpha value is -1.12. The molecule has 5 fully saturated rings. The van der Waals surface area contributed by atoms with Crippen LogP contribution in [0.1, 0.15) is 99.3 Å². The standard InChI is InChI=1S/C29H44O3/c1-17(2)18-10-13-29(24(31)32)15-14-27(6)19(23(18)29)8-9-21-26(5)16-22(30)25(3,4)20(26)11-12-28(21,27)7/h18-21,23H,1,8-16H2,2-7H3,(H,31,32)/t18?,19-,20+,21-,23-,26+,27-,28-,29+/m1/s1. The van der Waals surface area contributed by atoms with Crippen molar-refractivity contribution in [3.05, 3.63) is 12.2 Å². The van der Waals surface area contributed by atoms with Crippen LogP contribution in [0.3, 0.4) is 0 Å². The van der Waals surface area contributed by atoms with Crippen LogP contribution >= 0.6 is 0 Å². The number of aliphatic carboxylic acids is 1. The molecule has 0 aromatic rings. The summed E-state index contributed by atoms with van der Waals surface area (Å²) in [5.41, 5.74) is 0.842. The number of carbonyl (C=O) groups excluding carboxylic acids is 1. The number of hydrogen-bond acceptors (Lipinski definition) is 2. The minimum atomic E-state index is -0.556. The molecule has 1 N–H and O–H groups in total. The number of carbonyl (C=O) groups is 2. The lowest BCUT2D eigenvalue weighted by Crippen LogP contribution is -2.64. The number of ketones is 1. The fraction of sp³-hybridized carbons (Fsp3) is 0.862. The summed E-state index contributed by atoms with van der Waals surface area (Å²) in [6.45, 7) is 18.3. The molecular formula is C29H44O3. The Labute approximate surface area is 194 Å². The van der Waals surface area contributed by atoms with Gasteiger partial charge in [-0.1, -0.05) is 46.8 Å². The van der Waals surface area contributed by atoms with Crippen LogP contribution in [-0.4, -0.2) is 16.9 Å². The van der Waals surface area contributed by atoms with Gasteiger partial charge in [-0.25, -0.2) is 0 Å². The highest BCUT2D eigenvalue weighted by Gasteiger charge is 2.73. The second-order valence-electron chi connectivity index (χ2n) is 14.0.